The van der Waals surface area contributed by atoms with Crippen molar-refractivity contribution < 1.29 is 9.90 Å². The van der Waals surface area contributed by atoms with Crippen molar-refractivity contribution >= 4 is 5.97 Å². The van der Waals surface area contributed by atoms with Crippen LogP contribution in [0.5, 0.6) is 0 Å². The second kappa shape index (κ2) is 2.09. The van der Waals surface area contributed by atoms with Crippen molar-refractivity contribution in [3.05, 3.63) is 18.0 Å². The first-order valence-corrected chi connectivity index (χ1v) is 3.88. The van der Waals surface area contributed by atoms with Gasteiger partial charge in [-0.15, -0.1) is 0 Å². The smallest absolute Gasteiger partial charge is 0.314 e. The van der Waals surface area contributed by atoms with Gasteiger partial charge in [0, 0.05) is 18.8 Å². The quantitative estimate of drug-likeness (QED) is 0.697. The molecular formula is C8H10N2O2. The second-order valence-electron chi connectivity index (χ2n) is 3.29. The molecule has 12 heavy (non-hydrogen) atoms. The van der Waals surface area contributed by atoms with Crippen LogP contribution in [0.15, 0.2) is 12.4 Å². The van der Waals surface area contributed by atoms with Gasteiger partial charge in [0.1, 0.15) is 0 Å². The van der Waals surface area contributed by atoms with Crippen LogP contribution in [0, 0.1) is 0 Å². The number of aromatic nitrogens is 2. The van der Waals surface area contributed by atoms with Crippen molar-refractivity contribution in [2.75, 3.05) is 0 Å². The maximum Gasteiger partial charge on any atom is 0.314 e. The van der Waals surface area contributed by atoms with E-state index in [0.717, 1.165) is 18.4 Å². The van der Waals surface area contributed by atoms with Gasteiger partial charge in [0.25, 0.3) is 0 Å². The number of aryl methyl sites for hydroxylation is 1. The van der Waals surface area contributed by atoms with Gasteiger partial charge in [0.15, 0.2) is 0 Å². The fourth-order valence-corrected chi connectivity index (χ4v) is 1.42. The summed E-state index contributed by atoms with van der Waals surface area (Å²) in [7, 11) is 1.79. The number of carboxylic acid groups (broad SMARTS) is 1. The standard InChI is InChI=1S/C8H10N2O2/c1-10-5-6(4-9-10)8(2-3-8)7(11)12/h4-5H,2-3H2,1H3,(H,11,12). The number of carbonyl (C=O) groups is 1. The van der Waals surface area contributed by atoms with Crippen molar-refractivity contribution in [3.8, 4) is 0 Å². The minimum absolute atomic E-state index is 0.603. The lowest BCUT2D eigenvalue weighted by Crippen LogP contribution is -2.18. The number of carboxylic acids is 1. The summed E-state index contributed by atoms with van der Waals surface area (Å²) in [5.41, 5.74) is 0.228. The molecule has 0 amide bonds. The lowest BCUT2D eigenvalue weighted by atomic mass is 10.0. The van der Waals surface area contributed by atoms with E-state index in [1.54, 1.807) is 24.1 Å². The molecule has 64 valence electrons. The van der Waals surface area contributed by atoms with Gasteiger partial charge >= 0.3 is 5.97 Å². The molecule has 1 aromatic heterocycles. The fraction of sp³-hybridized carbons (Fsp3) is 0.500. The van der Waals surface area contributed by atoms with Gasteiger partial charge in [-0.1, -0.05) is 0 Å². The van der Waals surface area contributed by atoms with Crippen LogP contribution in [0.2, 0.25) is 0 Å². The van der Waals surface area contributed by atoms with E-state index in [0.29, 0.717) is 0 Å². The molecule has 0 radical (unpaired) electrons. The van der Waals surface area contributed by atoms with Crippen LogP contribution in [-0.2, 0) is 17.3 Å². The van der Waals surface area contributed by atoms with Gasteiger partial charge < -0.3 is 5.11 Å². The van der Waals surface area contributed by atoms with Crippen LogP contribution in [-0.4, -0.2) is 20.9 Å². The number of aliphatic carboxylic acids is 1. The molecule has 0 atom stereocenters. The van der Waals surface area contributed by atoms with E-state index >= 15 is 0 Å². The van der Waals surface area contributed by atoms with Crippen LogP contribution in [0.3, 0.4) is 0 Å². The van der Waals surface area contributed by atoms with Crippen LogP contribution < -0.4 is 0 Å². The van der Waals surface area contributed by atoms with Crippen LogP contribution in [0.25, 0.3) is 0 Å². The van der Waals surface area contributed by atoms with Gasteiger partial charge in [-0.3, -0.25) is 9.48 Å². The minimum Gasteiger partial charge on any atom is -0.481 e. The van der Waals surface area contributed by atoms with Crippen LogP contribution in [0.4, 0.5) is 0 Å². The summed E-state index contributed by atoms with van der Waals surface area (Å²) in [6, 6.07) is 0. The minimum atomic E-state index is -0.726. The highest BCUT2D eigenvalue weighted by Crippen LogP contribution is 2.48. The van der Waals surface area contributed by atoms with E-state index in [1.807, 2.05) is 0 Å². The number of hydrogen-bond acceptors (Lipinski definition) is 2. The molecule has 1 N–H and O–H groups in total. The molecule has 4 heteroatoms. The molecule has 1 saturated carbocycles. The zero-order valence-electron chi connectivity index (χ0n) is 6.82. The van der Waals surface area contributed by atoms with Gasteiger partial charge in [0.05, 0.1) is 11.6 Å². The van der Waals surface area contributed by atoms with Crippen LogP contribution in [0.1, 0.15) is 18.4 Å². The monoisotopic (exact) mass is 166 g/mol. The maximum absolute atomic E-state index is 10.9. The summed E-state index contributed by atoms with van der Waals surface area (Å²) >= 11 is 0. The Labute approximate surface area is 69.8 Å². The Bertz CT molecular complexity index is 326. The topological polar surface area (TPSA) is 55.1 Å². The van der Waals surface area contributed by atoms with E-state index in [-0.39, 0.29) is 0 Å². The van der Waals surface area contributed by atoms with Gasteiger partial charge in [-0.05, 0) is 12.8 Å². The predicted molar refractivity (Wildman–Crippen MR) is 41.8 cm³/mol. The third-order valence-corrected chi connectivity index (χ3v) is 2.42. The number of hydrogen-bond donors (Lipinski definition) is 1. The summed E-state index contributed by atoms with van der Waals surface area (Å²) in [5, 5.41) is 12.9. The average molecular weight is 166 g/mol. The van der Waals surface area contributed by atoms with Crippen molar-refractivity contribution in [2.24, 2.45) is 7.05 Å². The summed E-state index contributed by atoms with van der Waals surface area (Å²) in [6.45, 7) is 0. The Hall–Kier alpha value is -1.32. The molecule has 1 heterocycles. The molecule has 2 rings (SSSR count). The second-order valence-corrected chi connectivity index (χ2v) is 3.29. The summed E-state index contributed by atoms with van der Waals surface area (Å²) in [4.78, 5) is 10.9. The Morgan fingerprint density at radius 2 is 2.42 bits per heavy atom. The largest absolute Gasteiger partial charge is 0.481 e. The SMILES string of the molecule is Cn1cc(C2(C(=O)O)CC2)cn1. The highest BCUT2D eigenvalue weighted by atomic mass is 16.4. The molecular weight excluding hydrogens is 156 g/mol. The molecule has 1 fully saturated rings. The summed E-state index contributed by atoms with van der Waals surface area (Å²) in [6.07, 6.45) is 4.91. The fourth-order valence-electron chi connectivity index (χ4n) is 1.42. The van der Waals surface area contributed by atoms with Crippen molar-refractivity contribution in [1.82, 2.24) is 9.78 Å². The van der Waals surface area contributed by atoms with Gasteiger partial charge in [0.2, 0.25) is 0 Å². The normalized spacial score (nSPS) is 19.1. The third kappa shape index (κ3) is 0.841. The van der Waals surface area contributed by atoms with E-state index in [2.05, 4.69) is 5.10 Å². The predicted octanol–water partition coefficient (Wildman–Crippen LogP) is 0.536. The summed E-state index contributed by atoms with van der Waals surface area (Å²) in [5.74, 6) is -0.726. The molecule has 1 aliphatic rings. The first kappa shape index (κ1) is 7.34. The zero-order chi connectivity index (χ0) is 8.77. The van der Waals surface area contributed by atoms with Gasteiger partial charge in [-0.25, -0.2) is 0 Å². The molecule has 0 spiro atoms. The zero-order valence-corrected chi connectivity index (χ0v) is 6.82. The van der Waals surface area contributed by atoms with Crippen molar-refractivity contribution in [2.45, 2.75) is 18.3 Å². The first-order valence-electron chi connectivity index (χ1n) is 3.88. The highest BCUT2D eigenvalue weighted by Gasteiger charge is 2.52. The molecule has 0 unspecified atom stereocenters. The van der Waals surface area contributed by atoms with E-state index < -0.39 is 11.4 Å². The average Bonchev–Trinajstić information content (AvgIpc) is 2.71. The number of nitrogens with zero attached hydrogens (tertiary/aromatic N) is 2. The van der Waals surface area contributed by atoms with E-state index in [4.69, 9.17) is 5.11 Å². The highest BCUT2D eigenvalue weighted by molar-refractivity contribution is 5.84. The molecule has 0 aliphatic heterocycles. The lowest BCUT2D eigenvalue weighted by molar-refractivity contribution is -0.140. The molecule has 1 aromatic rings. The van der Waals surface area contributed by atoms with Crippen LogP contribution >= 0.6 is 0 Å². The number of rotatable bonds is 2. The molecule has 0 aromatic carbocycles. The molecule has 4 nitrogen and oxygen atoms in total. The summed E-state index contributed by atoms with van der Waals surface area (Å²) < 4.78 is 1.64. The Balaban J connectivity index is 2.36. The lowest BCUT2D eigenvalue weighted by Gasteiger charge is -2.04. The van der Waals surface area contributed by atoms with E-state index in [1.165, 1.54) is 0 Å². The molecule has 1 aliphatic carbocycles. The third-order valence-electron chi connectivity index (χ3n) is 2.42. The van der Waals surface area contributed by atoms with E-state index in [9.17, 15) is 4.79 Å². The Kier molecular flexibility index (Phi) is 1.28. The van der Waals surface area contributed by atoms with Gasteiger partial charge in [-0.2, -0.15) is 5.10 Å². The maximum atomic E-state index is 10.9. The first-order chi connectivity index (χ1) is 5.65. The molecule has 0 saturated heterocycles. The molecule has 0 bridgehead atoms. The van der Waals surface area contributed by atoms with Crippen molar-refractivity contribution in [3.63, 3.8) is 0 Å². The Morgan fingerprint density at radius 3 is 2.75 bits per heavy atom. The van der Waals surface area contributed by atoms with Crippen molar-refractivity contribution in [1.29, 1.82) is 0 Å². The Morgan fingerprint density at radius 1 is 1.75 bits per heavy atom.